The summed E-state index contributed by atoms with van der Waals surface area (Å²) in [7, 11) is 10.7. The normalized spacial score (nSPS) is 8.45. The molecule has 0 unspecified atom stereocenters. The number of hydrogen-bond donors (Lipinski definition) is 0. The number of rotatable bonds is 2. The molecular weight excluding hydrogens is 474 g/mol. The van der Waals surface area contributed by atoms with Gasteiger partial charge >= 0.3 is 0 Å². The van der Waals surface area contributed by atoms with Gasteiger partial charge in [0.2, 0.25) is 5.69 Å². The van der Waals surface area contributed by atoms with E-state index in [0.717, 1.165) is 5.69 Å². The average Bonchev–Trinajstić information content (AvgIpc) is 2.88. The molecule has 0 amide bonds. The molecule has 2 heterocycles. The van der Waals surface area contributed by atoms with Crippen LogP contribution in [0.5, 0.6) is 0 Å². The first-order valence-corrected chi connectivity index (χ1v) is 11.2. The quantitative estimate of drug-likeness (QED) is 0.190. The predicted molar refractivity (Wildman–Crippen MR) is 142 cm³/mol. The van der Waals surface area contributed by atoms with E-state index >= 15 is 0 Å². The summed E-state index contributed by atoms with van der Waals surface area (Å²) < 4.78 is 4.20. The van der Waals surface area contributed by atoms with Crippen LogP contribution in [0.25, 0.3) is 22.1 Å². The molecule has 0 atom stereocenters. The van der Waals surface area contributed by atoms with E-state index in [1.807, 2.05) is 56.7 Å². The number of benzene rings is 2. The first-order chi connectivity index (χ1) is 15.7. The van der Waals surface area contributed by atoms with Gasteiger partial charge in [-0.15, -0.1) is 12.9 Å². The van der Waals surface area contributed by atoms with Gasteiger partial charge in [-0.25, -0.2) is 0 Å². The molecular formula is C27H35B3N2Y+. The van der Waals surface area contributed by atoms with E-state index in [2.05, 4.69) is 86.3 Å². The van der Waals surface area contributed by atoms with Crippen LogP contribution in [0.2, 0.25) is 13.6 Å². The van der Waals surface area contributed by atoms with E-state index in [4.69, 9.17) is 7.74 Å². The Morgan fingerprint density at radius 3 is 1.79 bits per heavy atom. The van der Waals surface area contributed by atoms with Crippen molar-refractivity contribution in [3.8, 4) is 11.4 Å². The SMILES string of the molecule is CC.CC.Cc1cccc[n+]1-c1ccc2cc(-[n+]3[c-]cccc3)ccc2c1.[B]C.[B][B]C.[Y]. The van der Waals surface area contributed by atoms with Crippen molar-refractivity contribution in [2.75, 3.05) is 0 Å². The minimum absolute atomic E-state index is 0. The average molecular weight is 509 g/mol. The molecule has 0 saturated carbocycles. The van der Waals surface area contributed by atoms with E-state index in [0.29, 0.717) is 0 Å². The number of aryl methyl sites for hydroxylation is 1. The van der Waals surface area contributed by atoms with Gasteiger partial charge in [0.05, 0.1) is 21.2 Å². The second kappa shape index (κ2) is 20.9. The Labute approximate surface area is 230 Å². The van der Waals surface area contributed by atoms with Crippen molar-refractivity contribution in [2.45, 2.75) is 48.3 Å². The van der Waals surface area contributed by atoms with E-state index in [-0.39, 0.29) is 32.7 Å². The topological polar surface area (TPSA) is 7.76 Å². The van der Waals surface area contributed by atoms with E-state index < -0.39 is 0 Å². The van der Waals surface area contributed by atoms with Crippen molar-refractivity contribution in [3.63, 3.8) is 0 Å². The molecule has 164 valence electrons. The van der Waals surface area contributed by atoms with E-state index in [9.17, 15) is 0 Å². The van der Waals surface area contributed by atoms with Gasteiger partial charge in [-0.2, -0.15) is 4.57 Å². The first kappa shape index (κ1) is 33.5. The molecule has 0 bridgehead atoms. The summed E-state index contributed by atoms with van der Waals surface area (Å²) in [6.07, 6.45) is 7.32. The molecule has 33 heavy (non-hydrogen) atoms. The standard InChI is InChI=1S/C21H17N2.2C2H6.CH3B2.CH3B.Y/c1-17-7-3-6-14-23(17)21-11-9-18-15-20(10-8-19(18)16-21)22-12-4-2-5-13-22;2*1-2;1-3-2;1-2;/h2-12,14-16H,1H3;2*1-2H3;1H3;1H3;/q+1;;;;;. The fourth-order valence-corrected chi connectivity index (χ4v) is 2.86. The van der Waals surface area contributed by atoms with Gasteiger partial charge in [0.15, 0.2) is 18.1 Å². The Kier molecular flexibility index (Phi) is 21.2. The van der Waals surface area contributed by atoms with Crippen molar-refractivity contribution < 1.29 is 41.8 Å². The maximum atomic E-state index is 4.72. The molecule has 0 saturated heterocycles. The van der Waals surface area contributed by atoms with Gasteiger partial charge in [0, 0.05) is 71.6 Å². The smallest absolute Gasteiger partial charge is 0.211 e. The molecule has 6 radical (unpaired) electrons. The second-order valence-corrected chi connectivity index (χ2v) is 5.96. The van der Waals surface area contributed by atoms with Crippen LogP contribution in [0.1, 0.15) is 33.4 Å². The summed E-state index contributed by atoms with van der Waals surface area (Å²) in [5, 5.41) is 2.46. The summed E-state index contributed by atoms with van der Waals surface area (Å²) in [6, 6.07) is 25.2. The third-order valence-corrected chi connectivity index (χ3v) is 4.08. The monoisotopic (exact) mass is 509 g/mol. The molecule has 6 heteroatoms. The third-order valence-electron chi connectivity index (χ3n) is 4.08. The molecule has 0 aliphatic carbocycles. The maximum absolute atomic E-state index is 4.72. The molecule has 2 aromatic carbocycles. The van der Waals surface area contributed by atoms with Crippen molar-refractivity contribution in [1.29, 1.82) is 0 Å². The Balaban J connectivity index is 0. The molecule has 2 aromatic heterocycles. The van der Waals surface area contributed by atoms with E-state index in [1.54, 1.807) is 6.82 Å². The van der Waals surface area contributed by atoms with Gasteiger partial charge < -0.3 is 0 Å². The number of hydrogen-bond acceptors (Lipinski definition) is 0. The van der Waals surface area contributed by atoms with Crippen molar-refractivity contribution >= 4 is 33.5 Å². The predicted octanol–water partition coefficient (Wildman–Crippen LogP) is 5.58. The zero-order chi connectivity index (χ0) is 24.4. The number of nitrogens with zero attached hydrogens (tertiary/aromatic N) is 2. The summed E-state index contributed by atoms with van der Waals surface area (Å²) in [6.45, 7) is 13.4. The largest absolute Gasteiger partial charge is 0.285 e. The van der Waals surface area contributed by atoms with Gasteiger partial charge in [0.25, 0.3) is 0 Å². The Hall–Kier alpha value is -1.70. The minimum atomic E-state index is 0. The molecule has 0 aliphatic heterocycles. The van der Waals surface area contributed by atoms with Crippen molar-refractivity contribution in [1.82, 2.24) is 0 Å². The van der Waals surface area contributed by atoms with Gasteiger partial charge in [-0.05, 0) is 29.0 Å². The second-order valence-electron chi connectivity index (χ2n) is 5.96. The molecule has 2 nitrogen and oxygen atoms in total. The summed E-state index contributed by atoms with van der Waals surface area (Å²) in [5.74, 6) is 0. The van der Waals surface area contributed by atoms with Gasteiger partial charge in [-0.3, -0.25) is 4.57 Å². The molecule has 4 aromatic rings. The third kappa shape index (κ3) is 10.8. The van der Waals surface area contributed by atoms with Crippen LogP contribution in [-0.2, 0) is 32.7 Å². The number of fused-ring (bicyclic) bond motifs is 1. The number of aromatic nitrogens is 2. The molecule has 4 rings (SSSR count). The summed E-state index contributed by atoms with van der Waals surface area (Å²) in [5.41, 5.74) is 3.52. The van der Waals surface area contributed by atoms with E-state index in [1.165, 1.54) is 36.1 Å². The van der Waals surface area contributed by atoms with Crippen LogP contribution >= 0.6 is 0 Å². The Bertz CT molecular complexity index is 1010. The molecule has 0 fully saturated rings. The van der Waals surface area contributed by atoms with Crippen LogP contribution in [0.3, 0.4) is 0 Å². The fraction of sp³-hybridized carbons (Fsp3) is 0.259. The van der Waals surface area contributed by atoms with Crippen LogP contribution in [-0.4, -0.2) is 22.8 Å². The summed E-state index contributed by atoms with van der Waals surface area (Å²) in [4.78, 5) is 0. The molecule has 0 N–H and O–H groups in total. The van der Waals surface area contributed by atoms with Crippen LogP contribution in [0, 0.1) is 13.1 Å². The van der Waals surface area contributed by atoms with Gasteiger partial charge in [-0.1, -0.05) is 58.8 Å². The molecule has 0 spiro atoms. The van der Waals surface area contributed by atoms with Crippen LogP contribution in [0.15, 0.2) is 85.2 Å². The fourth-order valence-electron chi connectivity index (χ4n) is 2.86. The van der Waals surface area contributed by atoms with Crippen LogP contribution < -0.4 is 9.13 Å². The minimum Gasteiger partial charge on any atom is -0.285 e. The zero-order valence-corrected chi connectivity index (χ0v) is 24.1. The van der Waals surface area contributed by atoms with Crippen molar-refractivity contribution in [3.05, 3.63) is 97.1 Å². The molecule has 0 aliphatic rings. The van der Waals surface area contributed by atoms with Crippen molar-refractivity contribution in [2.24, 2.45) is 0 Å². The maximum Gasteiger partial charge on any atom is 0.211 e. The van der Waals surface area contributed by atoms with Crippen LogP contribution in [0.4, 0.5) is 0 Å². The Morgan fingerprint density at radius 2 is 1.27 bits per heavy atom. The summed E-state index contributed by atoms with van der Waals surface area (Å²) >= 11 is 0. The first-order valence-electron chi connectivity index (χ1n) is 11.2. The van der Waals surface area contributed by atoms with Gasteiger partial charge in [0.1, 0.15) is 5.69 Å². The Morgan fingerprint density at radius 1 is 0.758 bits per heavy atom. The zero-order valence-electron chi connectivity index (χ0n) is 21.3. The number of pyridine rings is 2.